The van der Waals surface area contributed by atoms with Gasteiger partial charge in [-0.2, -0.15) is 0 Å². The molecule has 2 aliphatic rings. The molecular weight excluding hydrogens is 148 g/mol. The van der Waals surface area contributed by atoms with Crippen molar-refractivity contribution in [3.8, 4) is 0 Å². The fourth-order valence-electron chi connectivity index (χ4n) is 2.30. The number of nitrogens with zero attached hydrogens (tertiary/aromatic N) is 1. The molecule has 1 N–H and O–H groups in total. The Hall–Kier alpha value is -0.0800. The second kappa shape index (κ2) is 3.00. The highest BCUT2D eigenvalue weighted by Crippen LogP contribution is 2.29. The van der Waals surface area contributed by atoms with Crippen molar-refractivity contribution in [2.24, 2.45) is 5.41 Å². The third-order valence-electron chi connectivity index (χ3n) is 3.50. The van der Waals surface area contributed by atoms with E-state index in [1.165, 1.54) is 39.0 Å². The zero-order valence-corrected chi connectivity index (χ0v) is 8.27. The predicted molar refractivity (Wildman–Crippen MR) is 51.2 cm³/mol. The third kappa shape index (κ3) is 1.50. The lowest BCUT2D eigenvalue weighted by molar-refractivity contribution is 0.0591. The smallest absolute Gasteiger partial charge is 0.00793 e. The first-order chi connectivity index (χ1) is 5.70. The molecule has 2 heteroatoms. The van der Waals surface area contributed by atoms with Crippen molar-refractivity contribution < 1.29 is 0 Å². The molecule has 0 aliphatic carbocycles. The van der Waals surface area contributed by atoms with E-state index < -0.39 is 0 Å². The maximum atomic E-state index is 3.45. The molecule has 2 nitrogen and oxygen atoms in total. The average molecular weight is 168 g/mol. The van der Waals surface area contributed by atoms with Gasteiger partial charge < -0.3 is 5.32 Å². The summed E-state index contributed by atoms with van der Waals surface area (Å²) in [5, 5.41) is 3.45. The quantitative estimate of drug-likeness (QED) is 0.664. The van der Waals surface area contributed by atoms with Gasteiger partial charge in [0.2, 0.25) is 0 Å². The summed E-state index contributed by atoms with van der Waals surface area (Å²) in [6.45, 7) is 9.83. The molecule has 0 spiro atoms. The SMILES string of the molecule is CC1CCN1CC1(C)CCNC1. The Labute approximate surface area is 75.3 Å². The van der Waals surface area contributed by atoms with Crippen LogP contribution in [0.5, 0.6) is 0 Å². The molecule has 2 rings (SSSR count). The van der Waals surface area contributed by atoms with E-state index in [1.54, 1.807) is 0 Å². The van der Waals surface area contributed by atoms with E-state index in [4.69, 9.17) is 0 Å². The van der Waals surface area contributed by atoms with Gasteiger partial charge in [-0.1, -0.05) is 6.92 Å². The second-order valence-corrected chi connectivity index (χ2v) is 4.85. The van der Waals surface area contributed by atoms with Gasteiger partial charge in [0.15, 0.2) is 0 Å². The highest BCUT2D eigenvalue weighted by atomic mass is 15.2. The molecule has 0 aromatic heterocycles. The Kier molecular flexibility index (Phi) is 2.13. The first kappa shape index (κ1) is 8.52. The minimum atomic E-state index is 0.564. The molecule has 2 saturated heterocycles. The standard InChI is InChI=1S/C10H20N2/c1-9-3-6-12(9)8-10(2)4-5-11-7-10/h9,11H,3-8H2,1-2H3. The Balaban J connectivity index is 1.84. The fourth-order valence-corrected chi connectivity index (χ4v) is 2.30. The van der Waals surface area contributed by atoms with Crippen LogP contribution in [0.3, 0.4) is 0 Å². The van der Waals surface area contributed by atoms with Crippen molar-refractivity contribution in [1.29, 1.82) is 0 Å². The largest absolute Gasteiger partial charge is 0.316 e. The molecule has 2 fully saturated rings. The fraction of sp³-hybridized carbons (Fsp3) is 1.00. The van der Waals surface area contributed by atoms with Crippen LogP contribution in [0.2, 0.25) is 0 Å². The van der Waals surface area contributed by atoms with E-state index >= 15 is 0 Å². The van der Waals surface area contributed by atoms with Crippen LogP contribution in [0, 0.1) is 5.41 Å². The van der Waals surface area contributed by atoms with Crippen molar-refractivity contribution in [2.75, 3.05) is 26.2 Å². The molecule has 12 heavy (non-hydrogen) atoms. The van der Waals surface area contributed by atoms with E-state index in [-0.39, 0.29) is 0 Å². The number of rotatable bonds is 2. The van der Waals surface area contributed by atoms with Crippen molar-refractivity contribution in [3.05, 3.63) is 0 Å². The van der Waals surface area contributed by atoms with Crippen LogP contribution in [-0.2, 0) is 0 Å². The van der Waals surface area contributed by atoms with Gasteiger partial charge in [0.05, 0.1) is 0 Å². The maximum absolute atomic E-state index is 3.45. The lowest BCUT2D eigenvalue weighted by atomic mass is 9.87. The van der Waals surface area contributed by atoms with Gasteiger partial charge >= 0.3 is 0 Å². The van der Waals surface area contributed by atoms with Crippen LogP contribution in [0.25, 0.3) is 0 Å². The summed E-state index contributed by atoms with van der Waals surface area (Å²) in [6.07, 6.45) is 2.76. The molecule has 0 amide bonds. The van der Waals surface area contributed by atoms with Crippen molar-refractivity contribution in [2.45, 2.75) is 32.7 Å². The molecule has 2 aliphatic heterocycles. The zero-order valence-electron chi connectivity index (χ0n) is 8.27. The van der Waals surface area contributed by atoms with E-state index in [2.05, 4.69) is 24.1 Å². The second-order valence-electron chi connectivity index (χ2n) is 4.85. The highest BCUT2D eigenvalue weighted by Gasteiger charge is 2.34. The highest BCUT2D eigenvalue weighted by molar-refractivity contribution is 4.90. The van der Waals surface area contributed by atoms with E-state index in [0.717, 1.165) is 6.04 Å². The molecule has 2 heterocycles. The van der Waals surface area contributed by atoms with Crippen molar-refractivity contribution in [3.63, 3.8) is 0 Å². The van der Waals surface area contributed by atoms with Crippen LogP contribution in [0.1, 0.15) is 26.7 Å². The summed E-state index contributed by atoms with van der Waals surface area (Å²) >= 11 is 0. The summed E-state index contributed by atoms with van der Waals surface area (Å²) in [5.41, 5.74) is 0.564. The topological polar surface area (TPSA) is 15.3 Å². The van der Waals surface area contributed by atoms with Gasteiger partial charge in [-0.05, 0) is 38.3 Å². The number of hydrogen-bond donors (Lipinski definition) is 1. The molecule has 0 bridgehead atoms. The Bertz CT molecular complexity index is 161. The van der Waals surface area contributed by atoms with E-state index in [0.29, 0.717) is 5.41 Å². The van der Waals surface area contributed by atoms with Crippen LogP contribution in [0.4, 0.5) is 0 Å². The third-order valence-corrected chi connectivity index (χ3v) is 3.50. The minimum Gasteiger partial charge on any atom is -0.316 e. The predicted octanol–water partition coefficient (Wildman–Crippen LogP) is 1.08. The Morgan fingerprint density at radius 3 is 2.83 bits per heavy atom. The molecular formula is C10H20N2. The summed E-state index contributed by atoms with van der Waals surface area (Å²) < 4.78 is 0. The normalized spacial score (nSPS) is 43.0. The molecule has 70 valence electrons. The number of likely N-dealkylation sites (tertiary alicyclic amines) is 1. The minimum absolute atomic E-state index is 0.564. The van der Waals surface area contributed by atoms with Gasteiger partial charge in [0, 0.05) is 19.1 Å². The van der Waals surface area contributed by atoms with Crippen LogP contribution < -0.4 is 5.32 Å². The summed E-state index contributed by atoms with van der Waals surface area (Å²) in [7, 11) is 0. The molecule has 0 aromatic rings. The summed E-state index contributed by atoms with van der Waals surface area (Å²) in [5.74, 6) is 0. The summed E-state index contributed by atoms with van der Waals surface area (Å²) in [4.78, 5) is 2.62. The van der Waals surface area contributed by atoms with E-state index in [1.807, 2.05) is 0 Å². The number of nitrogens with one attached hydrogen (secondary N) is 1. The molecule has 2 atom stereocenters. The van der Waals surface area contributed by atoms with Crippen LogP contribution in [-0.4, -0.2) is 37.1 Å². The Morgan fingerprint density at radius 2 is 2.42 bits per heavy atom. The zero-order chi connectivity index (χ0) is 8.60. The number of hydrogen-bond acceptors (Lipinski definition) is 2. The molecule has 0 saturated carbocycles. The van der Waals surface area contributed by atoms with Crippen molar-refractivity contribution in [1.82, 2.24) is 10.2 Å². The van der Waals surface area contributed by atoms with Gasteiger partial charge in [-0.15, -0.1) is 0 Å². The van der Waals surface area contributed by atoms with Gasteiger partial charge in [0.25, 0.3) is 0 Å². The lowest BCUT2D eigenvalue weighted by Gasteiger charge is -2.43. The van der Waals surface area contributed by atoms with E-state index in [9.17, 15) is 0 Å². The van der Waals surface area contributed by atoms with Crippen molar-refractivity contribution >= 4 is 0 Å². The van der Waals surface area contributed by atoms with Gasteiger partial charge in [-0.3, -0.25) is 4.90 Å². The first-order valence-corrected chi connectivity index (χ1v) is 5.14. The average Bonchev–Trinajstić information content (AvgIpc) is 2.46. The van der Waals surface area contributed by atoms with Crippen LogP contribution in [0.15, 0.2) is 0 Å². The monoisotopic (exact) mass is 168 g/mol. The Morgan fingerprint density at radius 1 is 1.58 bits per heavy atom. The molecule has 0 aromatic carbocycles. The molecule has 2 unspecified atom stereocenters. The van der Waals surface area contributed by atoms with Crippen LogP contribution >= 0.6 is 0 Å². The summed E-state index contributed by atoms with van der Waals surface area (Å²) in [6, 6.07) is 0.849. The lowest BCUT2D eigenvalue weighted by Crippen LogP contribution is -2.50. The molecule has 0 radical (unpaired) electrons. The maximum Gasteiger partial charge on any atom is 0.00793 e. The first-order valence-electron chi connectivity index (χ1n) is 5.14. The van der Waals surface area contributed by atoms with Gasteiger partial charge in [-0.25, -0.2) is 0 Å². The van der Waals surface area contributed by atoms with Gasteiger partial charge in [0.1, 0.15) is 0 Å².